The molecule has 0 amide bonds. The van der Waals surface area contributed by atoms with Gasteiger partial charge in [-0.1, -0.05) is 37.9 Å². The summed E-state index contributed by atoms with van der Waals surface area (Å²) in [6.45, 7) is 2.29. The molecule has 1 aromatic carbocycles. The van der Waals surface area contributed by atoms with Crippen LogP contribution in [0.15, 0.2) is 27.8 Å². The van der Waals surface area contributed by atoms with Crippen molar-refractivity contribution in [3.05, 3.63) is 18.2 Å². The molecule has 2 aromatic rings. The molecular formula is C15H20N2OS. The van der Waals surface area contributed by atoms with Crippen molar-refractivity contribution in [2.24, 2.45) is 5.92 Å². The Bertz CT molecular complexity index is 566. The Hall–Kier alpha value is -1.16. The lowest BCUT2D eigenvalue weighted by Crippen LogP contribution is -2.16. The van der Waals surface area contributed by atoms with Crippen molar-refractivity contribution >= 4 is 28.5 Å². The number of hydrogen-bond acceptors (Lipinski definition) is 4. The van der Waals surface area contributed by atoms with E-state index in [4.69, 9.17) is 10.2 Å². The number of nitrogens with zero attached hydrogens (tertiary/aromatic N) is 1. The van der Waals surface area contributed by atoms with Gasteiger partial charge in [0.2, 0.25) is 0 Å². The maximum Gasteiger partial charge on any atom is 0.257 e. The highest BCUT2D eigenvalue weighted by Crippen LogP contribution is 2.38. The van der Waals surface area contributed by atoms with Gasteiger partial charge in [-0.25, -0.2) is 4.98 Å². The molecule has 1 aliphatic rings. The van der Waals surface area contributed by atoms with E-state index in [1.54, 1.807) is 11.8 Å². The van der Waals surface area contributed by atoms with Crippen molar-refractivity contribution in [2.75, 3.05) is 5.73 Å². The topological polar surface area (TPSA) is 52.0 Å². The van der Waals surface area contributed by atoms with Gasteiger partial charge in [-0.15, -0.1) is 0 Å². The molecule has 0 aliphatic heterocycles. The van der Waals surface area contributed by atoms with Gasteiger partial charge < -0.3 is 10.2 Å². The van der Waals surface area contributed by atoms with Crippen molar-refractivity contribution in [1.29, 1.82) is 0 Å². The maximum absolute atomic E-state index is 5.79. The van der Waals surface area contributed by atoms with Crippen LogP contribution in [0.3, 0.4) is 0 Å². The molecule has 19 heavy (non-hydrogen) atoms. The molecule has 3 rings (SSSR count). The van der Waals surface area contributed by atoms with Crippen molar-refractivity contribution in [3.8, 4) is 0 Å². The molecule has 0 bridgehead atoms. The third-order valence-electron chi connectivity index (χ3n) is 3.97. The van der Waals surface area contributed by atoms with Gasteiger partial charge in [-0.2, -0.15) is 0 Å². The number of hydrogen-bond donors (Lipinski definition) is 1. The molecule has 102 valence electrons. The van der Waals surface area contributed by atoms with Gasteiger partial charge in [0.25, 0.3) is 5.22 Å². The van der Waals surface area contributed by atoms with Crippen LogP contribution in [-0.2, 0) is 0 Å². The zero-order valence-corrected chi connectivity index (χ0v) is 12.1. The lowest BCUT2D eigenvalue weighted by Gasteiger charge is -2.26. The molecule has 2 unspecified atom stereocenters. The van der Waals surface area contributed by atoms with Gasteiger partial charge >= 0.3 is 0 Å². The Morgan fingerprint density at radius 1 is 1.42 bits per heavy atom. The summed E-state index contributed by atoms with van der Waals surface area (Å²) in [5, 5.41) is 1.45. The molecule has 2 N–H and O–H groups in total. The predicted molar refractivity (Wildman–Crippen MR) is 80.3 cm³/mol. The van der Waals surface area contributed by atoms with E-state index in [1.165, 1.54) is 32.1 Å². The van der Waals surface area contributed by atoms with E-state index in [9.17, 15) is 0 Å². The van der Waals surface area contributed by atoms with Gasteiger partial charge in [0.1, 0.15) is 5.52 Å². The molecule has 0 radical (unpaired) electrons. The number of anilines is 1. The van der Waals surface area contributed by atoms with E-state index in [0.717, 1.165) is 27.9 Å². The number of benzene rings is 1. The molecule has 1 aromatic heterocycles. The van der Waals surface area contributed by atoms with Gasteiger partial charge in [-0.05, 0) is 30.9 Å². The minimum atomic E-state index is 0.657. The fourth-order valence-electron chi connectivity index (χ4n) is 2.83. The van der Waals surface area contributed by atoms with Crippen LogP contribution >= 0.6 is 11.8 Å². The van der Waals surface area contributed by atoms with Gasteiger partial charge in [0.15, 0.2) is 5.58 Å². The molecule has 1 aliphatic carbocycles. The van der Waals surface area contributed by atoms with E-state index < -0.39 is 0 Å². The molecule has 1 heterocycles. The lowest BCUT2D eigenvalue weighted by molar-refractivity contribution is 0.355. The first-order chi connectivity index (χ1) is 9.24. The van der Waals surface area contributed by atoms with Crippen LogP contribution in [-0.4, -0.2) is 10.2 Å². The van der Waals surface area contributed by atoms with Crippen molar-refractivity contribution < 1.29 is 4.42 Å². The first-order valence-corrected chi connectivity index (χ1v) is 7.95. The standard InChI is InChI=1S/C15H20N2OS/c1-2-10-4-3-5-12(8-10)19-15-17-13-7-6-11(16)9-14(13)18-15/h6-7,9-10,12H,2-5,8,16H2,1H3. The van der Waals surface area contributed by atoms with E-state index >= 15 is 0 Å². The average Bonchev–Trinajstić information content (AvgIpc) is 2.80. The minimum absolute atomic E-state index is 0.657. The number of rotatable bonds is 3. The Morgan fingerprint density at radius 2 is 2.32 bits per heavy atom. The Labute approximate surface area is 118 Å². The summed E-state index contributed by atoms with van der Waals surface area (Å²) in [4.78, 5) is 4.54. The molecule has 0 saturated heterocycles. The van der Waals surface area contributed by atoms with Crippen LogP contribution in [0.4, 0.5) is 5.69 Å². The summed E-state index contributed by atoms with van der Waals surface area (Å²) in [6, 6.07) is 5.64. The Kier molecular flexibility index (Phi) is 3.69. The second kappa shape index (κ2) is 5.45. The fraction of sp³-hybridized carbons (Fsp3) is 0.533. The predicted octanol–water partition coefficient (Wildman–Crippen LogP) is 4.47. The third kappa shape index (κ3) is 2.89. The number of thioether (sulfide) groups is 1. The maximum atomic E-state index is 5.79. The summed E-state index contributed by atoms with van der Waals surface area (Å²) in [7, 11) is 0. The number of nitrogens with two attached hydrogens (primary N) is 1. The molecule has 2 atom stereocenters. The molecule has 1 saturated carbocycles. The largest absolute Gasteiger partial charge is 0.431 e. The normalized spacial score (nSPS) is 23.8. The van der Waals surface area contributed by atoms with Gasteiger partial charge in [0.05, 0.1) is 0 Å². The summed E-state index contributed by atoms with van der Waals surface area (Å²) >= 11 is 1.80. The van der Waals surface area contributed by atoms with E-state index in [1.807, 2.05) is 18.2 Å². The van der Waals surface area contributed by atoms with Crippen LogP contribution in [0.1, 0.15) is 39.0 Å². The molecule has 4 heteroatoms. The Balaban J connectivity index is 1.74. The second-order valence-electron chi connectivity index (χ2n) is 5.39. The highest BCUT2D eigenvalue weighted by atomic mass is 32.2. The summed E-state index contributed by atoms with van der Waals surface area (Å²) in [6.07, 6.45) is 6.59. The zero-order valence-electron chi connectivity index (χ0n) is 11.3. The number of nitrogen functional groups attached to an aromatic ring is 1. The first kappa shape index (κ1) is 12.9. The van der Waals surface area contributed by atoms with Crippen LogP contribution in [0.25, 0.3) is 11.1 Å². The highest BCUT2D eigenvalue weighted by Gasteiger charge is 2.23. The number of oxazole rings is 1. The monoisotopic (exact) mass is 276 g/mol. The molecule has 0 spiro atoms. The van der Waals surface area contributed by atoms with Crippen LogP contribution in [0.5, 0.6) is 0 Å². The van der Waals surface area contributed by atoms with Crippen molar-refractivity contribution in [3.63, 3.8) is 0 Å². The molecule has 1 fully saturated rings. The SMILES string of the molecule is CCC1CCCC(Sc2nc3ccc(N)cc3o2)C1. The van der Waals surface area contributed by atoms with E-state index in [2.05, 4.69) is 11.9 Å². The molecule has 3 nitrogen and oxygen atoms in total. The molecular weight excluding hydrogens is 256 g/mol. The third-order valence-corrected chi connectivity index (χ3v) is 5.11. The minimum Gasteiger partial charge on any atom is -0.431 e. The summed E-state index contributed by atoms with van der Waals surface area (Å²) in [5.74, 6) is 0.881. The average molecular weight is 276 g/mol. The first-order valence-electron chi connectivity index (χ1n) is 7.07. The van der Waals surface area contributed by atoms with Gasteiger partial charge in [-0.3, -0.25) is 0 Å². The quantitative estimate of drug-likeness (QED) is 0.840. The van der Waals surface area contributed by atoms with Gasteiger partial charge in [0, 0.05) is 17.0 Å². The number of aromatic nitrogens is 1. The Morgan fingerprint density at radius 3 is 3.16 bits per heavy atom. The van der Waals surface area contributed by atoms with Crippen molar-refractivity contribution in [2.45, 2.75) is 49.5 Å². The van der Waals surface area contributed by atoms with Crippen LogP contribution < -0.4 is 5.73 Å². The smallest absolute Gasteiger partial charge is 0.257 e. The van der Waals surface area contributed by atoms with Crippen LogP contribution in [0, 0.1) is 5.92 Å². The highest BCUT2D eigenvalue weighted by molar-refractivity contribution is 7.99. The number of fused-ring (bicyclic) bond motifs is 1. The summed E-state index contributed by atoms with van der Waals surface area (Å²) in [5.41, 5.74) is 8.18. The lowest BCUT2D eigenvalue weighted by atomic mass is 9.87. The van der Waals surface area contributed by atoms with Crippen molar-refractivity contribution in [1.82, 2.24) is 4.98 Å². The zero-order chi connectivity index (χ0) is 13.2. The second-order valence-corrected chi connectivity index (χ2v) is 6.64. The summed E-state index contributed by atoms with van der Waals surface area (Å²) < 4.78 is 5.79. The van der Waals surface area contributed by atoms with Crippen LogP contribution in [0.2, 0.25) is 0 Å². The fourth-order valence-corrected chi connectivity index (χ4v) is 4.06. The van der Waals surface area contributed by atoms with E-state index in [-0.39, 0.29) is 0 Å². The van der Waals surface area contributed by atoms with E-state index in [0.29, 0.717) is 5.25 Å².